The maximum absolute atomic E-state index is 11.4. The lowest BCUT2D eigenvalue weighted by molar-refractivity contribution is 0.363. The molecule has 2 heterocycles. The molecule has 0 aromatic carbocycles. The summed E-state index contributed by atoms with van der Waals surface area (Å²) in [6.45, 7) is 2.70. The lowest BCUT2D eigenvalue weighted by Crippen LogP contribution is -2.10. The van der Waals surface area contributed by atoms with Crippen molar-refractivity contribution >= 4 is 0 Å². The number of nitrogens with zero attached hydrogens (tertiary/aromatic N) is 3. The molecular formula is C10H12N4O3. The van der Waals surface area contributed by atoms with Gasteiger partial charge >= 0.3 is 0 Å². The number of hydrogen-bond donors (Lipinski definition) is 1. The first-order valence-electron chi connectivity index (χ1n) is 5.06. The number of methoxy groups -OCH3 is 1. The van der Waals surface area contributed by atoms with Crippen LogP contribution in [0.2, 0.25) is 0 Å². The number of aromatic nitrogens is 4. The van der Waals surface area contributed by atoms with Crippen LogP contribution >= 0.6 is 0 Å². The number of H-pyrrole nitrogens is 1. The maximum atomic E-state index is 11.4. The zero-order valence-corrected chi connectivity index (χ0v) is 9.51. The molecule has 0 fully saturated rings. The van der Waals surface area contributed by atoms with E-state index in [0.29, 0.717) is 5.75 Å². The van der Waals surface area contributed by atoms with Gasteiger partial charge < -0.3 is 14.5 Å². The van der Waals surface area contributed by atoms with E-state index in [-0.39, 0.29) is 17.2 Å². The van der Waals surface area contributed by atoms with Crippen LogP contribution in [0.25, 0.3) is 0 Å². The van der Waals surface area contributed by atoms with Gasteiger partial charge in [0.25, 0.3) is 11.4 Å². The minimum atomic E-state index is -0.389. The zero-order chi connectivity index (χ0) is 12.3. The molecule has 0 aliphatic rings. The molecule has 0 aliphatic heterocycles. The van der Waals surface area contributed by atoms with Crippen molar-refractivity contribution in [1.29, 1.82) is 0 Å². The van der Waals surface area contributed by atoms with E-state index in [1.165, 1.54) is 13.4 Å². The molecule has 2 aromatic heterocycles. The van der Waals surface area contributed by atoms with E-state index < -0.39 is 0 Å². The second-order valence-electron chi connectivity index (χ2n) is 3.20. The van der Waals surface area contributed by atoms with E-state index in [1.807, 2.05) is 6.92 Å². The molecule has 0 amide bonds. The Morgan fingerprint density at radius 3 is 3.00 bits per heavy atom. The molecule has 0 saturated heterocycles. The standard InChI is InChI=1S/C10H12N4O3/c1-3-14-5-7(4-13-14)17-10-8(16-2)9(15)11-6-12-10/h4-6H,3H2,1-2H3,(H,11,12,15). The highest BCUT2D eigenvalue weighted by atomic mass is 16.5. The van der Waals surface area contributed by atoms with Crippen molar-refractivity contribution in [3.8, 4) is 17.4 Å². The molecule has 7 heteroatoms. The largest absolute Gasteiger partial charge is 0.487 e. The third-order valence-electron chi connectivity index (χ3n) is 2.13. The molecule has 7 nitrogen and oxygen atoms in total. The van der Waals surface area contributed by atoms with Gasteiger partial charge in [0, 0.05) is 6.54 Å². The molecular weight excluding hydrogens is 224 g/mol. The minimum absolute atomic E-state index is 0.0387. The Bertz CT molecular complexity index is 561. The van der Waals surface area contributed by atoms with Gasteiger partial charge in [-0.05, 0) is 6.92 Å². The fourth-order valence-electron chi connectivity index (χ4n) is 1.31. The predicted octanol–water partition coefficient (Wildman–Crippen LogP) is 0.787. The highest BCUT2D eigenvalue weighted by molar-refractivity contribution is 5.33. The van der Waals surface area contributed by atoms with Gasteiger partial charge in [0.15, 0.2) is 5.75 Å². The molecule has 1 N–H and O–H groups in total. The van der Waals surface area contributed by atoms with Crippen LogP contribution in [0.4, 0.5) is 0 Å². The molecule has 0 aliphatic carbocycles. The Hall–Kier alpha value is -2.31. The van der Waals surface area contributed by atoms with Crippen molar-refractivity contribution < 1.29 is 9.47 Å². The highest BCUT2D eigenvalue weighted by Gasteiger charge is 2.12. The number of nitrogens with one attached hydrogen (secondary N) is 1. The van der Waals surface area contributed by atoms with Crippen molar-refractivity contribution in [2.45, 2.75) is 13.5 Å². The Morgan fingerprint density at radius 1 is 1.53 bits per heavy atom. The van der Waals surface area contributed by atoms with Crippen molar-refractivity contribution in [2.75, 3.05) is 7.11 Å². The van der Waals surface area contributed by atoms with Crippen LogP contribution in [0.3, 0.4) is 0 Å². The fraction of sp³-hybridized carbons (Fsp3) is 0.300. The number of rotatable bonds is 4. The van der Waals surface area contributed by atoms with Crippen LogP contribution in [-0.4, -0.2) is 26.9 Å². The van der Waals surface area contributed by atoms with Gasteiger partial charge in [-0.25, -0.2) is 4.98 Å². The summed E-state index contributed by atoms with van der Waals surface area (Å²) in [6, 6.07) is 0. The summed E-state index contributed by atoms with van der Waals surface area (Å²) < 4.78 is 12.1. The average molecular weight is 236 g/mol. The first-order valence-corrected chi connectivity index (χ1v) is 5.06. The molecule has 0 spiro atoms. The van der Waals surface area contributed by atoms with Crippen molar-refractivity contribution in [3.05, 3.63) is 29.1 Å². The topological polar surface area (TPSA) is 82.0 Å². The Morgan fingerprint density at radius 2 is 2.35 bits per heavy atom. The van der Waals surface area contributed by atoms with E-state index in [4.69, 9.17) is 9.47 Å². The summed E-state index contributed by atoms with van der Waals surface area (Å²) >= 11 is 0. The number of aryl methyl sites for hydroxylation is 1. The normalized spacial score (nSPS) is 10.2. The van der Waals surface area contributed by atoms with Gasteiger partial charge in [0.2, 0.25) is 5.75 Å². The molecule has 2 aromatic rings. The summed E-state index contributed by atoms with van der Waals surface area (Å²) in [7, 11) is 1.38. The van der Waals surface area contributed by atoms with Gasteiger partial charge in [-0.2, -0.15) is 5.10 Å². The fourth-order valence-corrected chi connectivity index (χ4v) is 1.31. The predicted molar refractivity (Wildman–Crippen MR) is 59.4 cm³/mol. The van der Waals surface area contributed by atoms with Crippen LogP contribution in [0.15, 0.2) is 23.5 Å². The summed E-state index contributed by atoms with van der Waals surface area (Å²) in [5, 5.41) is 4.05. The van der Waals surface area contributed by atoms with Crippen molar-refractivity contribution in [1.82, 2.24) is 19.7 Å². The second-order valence-corrected chi connectivity index (χ2v) is 3.20. The van der Waals surface area contributed by atoms with Crippen molar-refractivity contribution in [2.24, 2.45) is 0 Å². The highest BCUT2D eigenvalue weighted by Crippen LogP contribution is 2.24. The monoisotopic (exact) mass is 236 g/mol. The summed E-state index contributed by atoms with van der Waals surface area (Å²) in [5.74, 6) is 0.659. The lowest BCUT2D eigenvalue weighted by atomic mass is 10.5. The van der Waals surface area contributed by atoms with E-state index in [1.54, 1.807) is 17.1 Å². The van der Waals surface area contributed by atoms with Crippen LogP contribution < -0.4 is 15.0 Å². The van der Waals surface area contributed by atoms with Gasteiger partial charge in [-0.1, -0.05) is 0 Å². The van der Waals surface area contributed by atoms with Crippen molar-refractivity contribution in [3.63, 3.8) is 0 Å². The maximum Gasteiger partial charge on any atom is 0.297 e. The molecule has 90 valence electrons. The van der Waals surface area contributed by atoms with Gasteiger partial charge in [-0.15, -0.1) is 0 Å². The molecule has 0 unspecified atom stereocenters. The van der Waals surface area contributed by atoms with E-state index >= 15 is 0 Å². The molecule has 17 heavy (non-hydrogen) atoms. The van der Waals surface area contributed by atoms with Gasteiger partial charge in [0.1, 0.15) is 0 Å². The Labute approximate surface area is 97.0 Å². The first kappa shape index (κ1) is 11.2. The van der Waals surface area contributed by atoms with Crippen LogP contribution in [0.1, 0.15) is 6.92 Å². The second kappa shape index (κ2) is 4.69. The number of aromatic amines is 1. The van der Waals surface area contributed by atoms with Crippen LogP contribution in [-0.2, 0) is 6.54 Å². The van der Waals surface area contributed by atoms with Crippen LogP contribution in [0, 0.1) is 0 Å². The SMILES string of the molecule is CCn1cc(Oc2nc[nH]c(=O)c2OC)cn1. The Balaban J connectivity index is 2.29. The quantitative estimate of drug-likeness (QED) is 0.848. The van der Waals surface area contributed by atoms with E-state index in [2.05, 4.69) is 15.1 Å². The molecule has 0 saturated carbocycles. The average Bonchev–Trinajstić information content (AvgIpc) is 2.77. The minimum Gasteiger partial charge on any atom is -0.487 e. The first-order chi connectivity index (χ1) is 8.24. The van der Waals surface area contributed by atoms with Crippen LogP contribution in [0.5, 0.6) is 17.4 Å². The van der Waals surface area contributed by atoms with Gasteiger partial charge in [-0.3, -0.25) is 9.48 Å². The summed E-state index contributed by atoms with van der Waals surface area (Å²) in [5.41, 5.74) is -0.389. The molecule has 2 rings (SSSR count). The van der Waals surface area contributed by atoms with E-state index in [9.17, 15) is 4.79 Å². The number of hydrogen-bond acceptors (Lipinski definition) is 5. The molecule has 0 radical (unpaired) electrons. The summed E-state index contributed by atoms with van der Waals surface area (Å²) in [6.07, 6.45) is 4.51. The summed E-state index contributed by atoms with van der Waals surface area (Å²) in [4.78, 5) is 17.7. The molecule has 0 atom stereocenters. The smallest absolute Gasteiger partial charge is 0.297 e. The third-order valence-corrected chi connectivity index (χ3v) is 2.13. The molecule has 0 bridgehead atoms. The Kier molecular flexibility index (Phi) is 3.08. The zero-order valence-electron chi connectivity index (χ0n) is 9.51. The lowest BCUT2D eigenvalue weighted by Gasteiger charge is -2.05. The third kappa shape index (κ3) is 2.27. The van der Waals surface area contributed by atoms with E-state index in [0.717, 1.165) is 6.54 Å². The number of ether oxygens (including phenoxy) is 2. The van der Waals surface area contributed by atoms with Gasteiger partial charge in [0.05, 0.1) is 25.8 Å².